The lowest BCUT2D eigenvalue weighted by atomic mass is 10.2. The van der Waals surface area contributed by atoms with E-state index in [9.17, 15) is 4.79 Å². The van der Waals surface area contributed by atoms with Crippen LogP contribution < -0.4 is 10.6 Å². The zero-order valence-electron chi connectivity index (χ0n) is 9.89. The first-order chi connectivity index (χ1) is 8.02. The fourth-order valence-corrected chi connectivity index (χ4v) is 1.77. The molecule has 1 aromatic carbocycles. The lowest BCUT2D eigenvalue weighted by molar-refractivity contribution is 0.248. The lowest BCUT2D eigenvalue weighted by Gasteiger charge is -2.13. The second-order valence-electron chi connectivity index (χ2n) is 3.92. The summed E-state index contributed by atoms with van der Waals surface area (Å²) in [6.45, 7) is 4.05. The lowest BCUT2D eigenvalue weighted by Crippen LogP contribution is -2.35. The Hall–Kier alpha value is -0.930. The molecule has 0 aromatic heterocycles. The van der Waals surface area contributed by atoms with E-state index in [-0.39, 0.29) is 12.1 Å². The Balaban J connectivity index is 2.53. The van der Waals surface area contributed by atoms with Gasteiger partial charge in [-0.15, -0.1) is 0 Å². The van der Waals surface area contributed by atoms with E-state index in [0.29, 0.717) is 15.7 Å². The smallest absolute Gasteiger partial charge is 0.319 e. The SMILES string of the molecule is CCCC(C)NC(=O)Nc1ccc(Cl)c(Cl)c1. The predicted octanol–water partition coefficient (Wildman–Crippen LogP) is 4.30. The van der Waals surface area contributed by atoms with Crippen molar-refractivity contribution < 1.29 is 4.79 Å². The number of amides is 2. The normalized spacial score (nSPS) is 12.0. The second kappa shape index (κ2) is 6.72. The number of halogens is 2. The van der Waals surface area contributed by atoms with Crippen LogP contribution in [0.4, 0.5) is 10.5 Å². The van der Waals surface area contributed by atoms with Gasteiger partial charge in [-0.1, -0.05) is 36.5 Å². The Bertz CT molecular complexity index is 396. The number of benzene rings is 1. The molecule has 0 aliphatic rings. The largest absolute Gasteiger partial charge is 0.335 e. The first-order valence-corrected chi connectivity index (χ1v) is 6.31. The molecule has 0 saturated heterocycles. The molecule has 1 rings (SSSR count). The molecule has 2 N–H and O–H groups in total. The van der Waals surface area contributed by atoms with Crippen LogP contribution in [0.1, 0.15) is 26.7 Å². The molecule has 5 heteroatoms. The molecule has 0 radical (unpaired) electrons. The molecular weight excluding hydrogens is 259 g/mol. The van der Waals surface area contributed by atoms with Crippen molar-refractivity contribution in [2.24, 2.45) is 0 Å². The second-order valence-corrected chi connectivity index (χ2v) is 4.73. The summed E-state index contributed by atoms with van der Waals surface area (Å²) in [7, 11) is 0. The summed E-state index contributed by atoms with van der Waals surface area (Å²) in [6.07, 6.45) is 1.99. The predicted molar refractivity (Wildman–Crippen MR) is 73.0 cm³/mol. The summed E-state index contributed by atoms with van der Waals surface area (Å²) >= 11 is 11.6. The summed E-state index contributed by atoms with van der Waals surface area (Å²) < 4.78 is 0. The summed E-state index contributed by atoms with van der Waals surface area (Å²) in [5.41, 5.74) is 0.626. The van der Waals surface area contributed by atoms with Gasteiger partial charge in [0.25, 0.3) is 0 Å². The molecule has 17 heavy (non-hydrogen) atoms. The highest BCUT2D eigenvalue weighted by molar-refractivity contribution is 6.42. The molecule has 0 aliphatic carbocycles. The van der Waals surface area contributed by atoms with Crippen LogP contribution >= 0.6 is 23.2 Å². The van der Waals surface area contributed by atoms with Crippen LogP contribution in [0.3, 0.4) is 0 Å². The van der Waals surface area contributed by atoms with Gasteiger partial charge in [-0.05, 0) is 31.5 Å². The quantitative estimate of drug-likeness (QED) is 0.844. The van der Waals surface area contributed by atoms with E-state index in [1.165, 1.54) is 0 Å². The van der Waals surface area contributed by atoms with Crippen molar-refractivity contribution in [2.75, 3.05) is 5.32 Å². The topological polar surface area (TPSA) is 41.1 Å². The van der Waals surface area contributed by atoms with Gasteiger partial charge in [0, 0.05) is 11.7 Å². The van der Waals surface area contributed by atoms with E-state index < -0.39 is 0 Å². The Morgan fingerprint density at radius 1 is 1.35 bits per heavy atom. The van der Waals surface area contributed by atoms with Crippen molar-refractivity contribution in [3.05, 3.63) is 28.2 Å². The van der Waals surface area contributed by atoms with Gasteiger partial charge in [0.05, 0.1) is 10.0 Å². The van der Waals surface area contributed by atoms with Crippen molar-refractivity contribution in [1.82, 2.24) is 5.32 Å². The van der Waals surface area contributed by atoms with Crippen LogP contribution in [0.15, 0.2) is 18.2 Å². The van der Waals surface area contributed by atoms with Gasteiger partial charge in [0.15, 0.2) is 0 Å². The number of urea groups is 1. The standard InChI is InChI=1S/C12H16Cl2N2O/c1-3-4-8(2)15-12(17)16-9-5-6-10(13)11(14)7-9/h5-8H,3-4H2,1-2H3,(H2,15,16,17). The van der Waals surface area contributed by atoms with Gasteiger partial charge in [0.2, 0.25) is 0 Å². The third kappa shape index (κ3) is 4.84. The molecule has 94 valence electrons. The van der Waals surface area contributed by atoms with Crippen LogP contribution in [0.5, 0.6) is 0 Å². The van der Waals surface area contributed by atoms with E-state index in [1.54, 1.807) is 18.2 Å². The number of nitrogens with one attached hydrogen (secondary N) is 2. The third-order valence-corrected chi connectivity index (χ3v) is 3.02. The fourth-order valence-electron chi connectivity index (χ4n) is 1.47. The van der Waals surface area contributed by atoms with Crippen molar-refractivity contribution in [2.45, 2.75) is 32.7 Å². The first-order valence-electron chi connectivity index (χ1n) is 5.55. The van der Waals surface area contributed by atoms with Crippen molar-refractivity contribution in [1.29, 1.82) is 0 Å². The van der Waals surface area contributed by atoms with Crippen molar-refractivity contribution >= 4 is 34.9 Å². The minimum atomic E-state index is -0.232. The fraction of sp³-hybridized carbons (Fsp3) is 0.417. The maximum atomic E-state index is 11.6. The molecular formula is C12H16Cl2N2O. The molecule has 0 fully saturated rings. The molecule has 3 nitrogen and oxygen atoms in total. The zero-order chi connectivity index (χ0) is 12.8. The number of hydrogen-bond acceptors (Lipinski definition) is 1. The van der Waals surface area contributed by atoms with Crippen LogP contribution in [0.25, 0.3) is 0 Å². The van der Waals surface area contributed by atoms with Gasteiger partial charge < -0.3 is 10.6 Å². The van der Waals surface area contributed by atoms with Crippen molar-refractivity contribution in [3.8, 4) is 0 Å². The molecule has 0 spiro atoms. The van der Waals surface area contributed by atoms with Crippen molar-refractivity contribution in [3.63, 3.8) is 0 Å². The Morgan fingerprint density at radius 2 is 2.06 bits per heavy atom. The van der Waals surface area contributed by atoms with Crippen LogP contribution in [0, 0.1) is 0 Å². The Morgan fingerprint density at radius 3 is 2.65 bits per heavy atom. The molecule has 0 heterocycles. The molecule has 1 unspecified atom stereocenters. The Kier molecular flexibility index (Phi) is 5.59. The molecule has 2 amide bonds. The minimum absolute atomic E-state index is 0.155. The van der Waals surface area contributed by atoms with Gasteiger partial charge >= 0.3 is 6.03 Å². The third-order valence-electron chi connectivity index (χ3n) is 2.28. The minimum Gasteiger partial charge on any atom is -0.335 e. The van der Waals surface area contributed by atoms with Gasteiger partial charge in [-0.2, -0.15) is 0 Å². The highest BCUT2D eigenvalue weighted by atomic mass is 35.5. The monoisotopic (exact) mass is 274 g/mol. The van der Waals surface area contributed by atoms with Gasteiger partial charge in [-0.25, -0.2) is 4.79 Å². The Labute approximate surface area is 111 Å². The molecule has 0 bridgehead atoms. The summed E-state index contributed by atoms with van der Waals surface area (Å²) in [5, 5.41) is 6.44. The number of anilines is 1. The van der Waals surface area contributed by atoms with E-state index in [1.807, 2.05) is 6.92 Å². The first kappa shape index (κ1) is 14.1. The number of carbonyl (C=O) groups is 1. The summed E-state index contributed by atoms with van der Waals surface area (Å²) in [5.74, 6) is 0. The summed E-state index contributed by atoms with van der Waals surface area (Å²) in [4.78, 5) is 11.6. The number of rotatable bonds is 4. The van der Waals surface area contributed by atoms with Crippen LogP contribution in [0.2, 0.25) is 10.0 Å². The molecule has 1 atom stereocenters. The molecule has 0 saturated carbocycles. The van der Waals surface area contributed by atoms with E-state index >= 15 is 0 Å². The average molecular weight is 275 g/mol. The zero-order valence-corrected chi connectivity index (χ0v) is 11.4. The highest BCUT2D eigenvalue weighted by Crippen LogP contribution is 2.24. The van der Waals surface area contributed by atoms with E-state index in [2.05, 4.69) is 17.6 Å². The van der Waals surface area contributed by atoms with E-state index in [4.69, 9.17) is 23.2 Å². The molecule has 0 aliphatic heterocycles. The summed E-state index contributed by atoms with van der Waals surface area (Å²) in [6, 6.07) is 4.90. The highest BCUT2D eigenvalue weighted by Gasteiger charge is 2.07. The number of carbonyl (C=O) groups excluding carboxylic acids is 1. The maximum Gasteiger partial charge on any atom is 0.319 e. The molecule has 1 aromatic rings. The van der Waals surface area contributed by atoms with E-state index in [0.717, 1.165) is 12.8 Å². The van der Waals surface area contributed by atoms with Gasteiger partial charge in [-0.3, -0.25) is 0 Å². The van der Waals surface area contributed by atoms with Gasteiger partial charge in [0.1, 0.15) is 0 Å². The maximum absolute atomic E-state index is 11.6. The number of hydrogen-bond donors (Lipinski definition) is 2. The average Bonchev–Trinajstić information content (AvgIpc) is 2.23. The van der Waals surface area contributed by atoms with Crippen LogP contribution in [-0.2, 0) is 0 Å². The van der Waals surface area contributed by atoms with Crippen LogP contribution in [-0.4, -0.2) is 12.1 Å².